The molecule has 1 rings (SSSR count). The van der Waals surface area contributed by atoms with E-state index in [1.54, 1.807) is 6.07 Å². The maximum Gasteiger partial charge on any atom is 0.118 e. The summed E-state index contributed by atoms with van der Waals surface area (Å²) in [7, 11) is 0. The van der Waals surface area contributed by atoms with E-state index in [0.717, 1.165) is 11.1 Å². The highest BCUT2D eigenvalue weighted by Crippen LogP contribution is 2.17. The highest BCUT2D eigenvalue weighted by Gasteiger charge is 1.94. The number of benzene rings is 1. The highest BCUT2D eigenvalue weighted by molar-refractivity contribution is 5.36. The molecule has 0 unspecified atom stereocenters. The van der Waals surface area contributed by atoms with Crippen molar-refractivity contribution in [2.75, 3.05) is 0 Å². The number of rotatable bonds is 0. The van der Waals surface area contributed by atoms with Gasteiger partial charge in [-0.2, -0.15) is 0 Å². The Kier molecular flexibility index (Phi) is 4.35. The van der Waals surface area contributed by atoms with Crippen molar-refractivity contribution in [2.24, 2.45) is 0 Å². The molecule has 0 aliphatic heterocycles. The fourth-order valence-corrected chi connectivity index (χ4v) is 0.736. The molecule has 0 aliphatic carbocycles. The normalized spacial score (nSPS) is 8.36. The van der Waals surface area contributed by atoms with Gasteiger partial charge in [-0.05, 0) is 31.0 Å². The molecule has 0 spiro atoms. The Hall–Kier alpha value is -0.980. The zero-order chi connectivity index (χ0) is 8.85. The van der Waals surface area contributed by atoms with Crippen LogP contribution in [0.15, 0.2) is 18.2 Å². The summed E-state index contributed by atoms with van der Waals surface area (Å²) >= 11 is 0. The lowest BCUT2D eigenvalue weighted by Crippen LogP contribution is -1.78. The van der Waals surface area contributed by atoms with Gasteiger partial charge < -0.3 is 5.11 Å². The van der Waals surface area contributed by atoms with Crippen LogP contribution in [0, 0.1) is 13.8 Å². The van der Waals surface area contributed by atoms with Gasteiger partial charge in [0.25, 0.3) is 0 Å². The van der Waals surface area contributed by atoms with E-state index in [2.05, 4.69) is 0 Å². The molecule has 0 saturated carbocycles. The van der Waals surface area contributed by atoms with Gasteiger partial charge in [0.2, 0.25) is 0 Å². The molecule has 11 heavy (non-hydrogen) atoms. The van der Waals surface area contributed by atoms with Gasteiger partial charge in [0.15, 0.2) is 0 Å². The lowest BCUT2D eigenvalue weighted by molar-refractivity contribution is 0.470. The first-order valence-corrected chi connectivity index (χ1v) is 3.97. The van der Waals surface area contributed by atoms with Crippen LogP contribution in [0.2, 0.25) is 0 Å². The minimum absolute atomic E-state index is 0.384. The SMILES string of the molecule is CC.Cc1cccc(O)c1C. The number of hydrogen-bond donors (Lipinski definition) is 1. The fourth-order valence-electron chi connectivity index (χ4n) is 0.736. The molecule has 1 aromatic rings. The van der Waals surface area contributed by atoms with Crippen LogP contribution in [0.1, 0.15) is 25.0 Å². The molecule has 0 fully saturated rings. The van der Waals surface area contributed by atoms with Gasteiger partial charge in [0.1, 0.15) is 5.75 Å². The third kappa shape index (κ3) is 2.62. The predicted molar refractivity (Wildman–Crippen MR) is 48.9 cm³/mol. The second-order valence-electron chi connectivity index (χ2n) is 2.22. The van der Waals surface area contributed by atoms with Gasteiger partial charge in [-0.25, -0.2) is 0 Å². The molecule has 0 bridgehead atoms. The molecule has 1 heteroatoms. The molecule has 0 aliphatic rings. The Morgan fingerprint density at radius 1 is 1.09 bits per heavy atom. The third-order valence-electron chi connectivity index (χ3n) is 1.58. The number of phenolic OH excluding ortho intramolecular Hbond substituents is 1. The highest BCUT2D eigenvalue weighted by atomic mass is 16.3. The Morgan fingerprint density at radius 3 is 2.00 bits per heavy atom. The molecule has 0 amide bonds. The van der Waals surface area contributed by atoms with E-state index in [1.165, 1.54) is 0 Å². The summed E-state index contributed by atoms with van der Waals surface area (Å²) in [4.78, 5) is 0. The molecule has 0 heterocycles. The van der Waals surface area contributed by atoms with Crippen molar-refractivity contribution < 1.29 is 5.11 Å². The van der Waals surface area contributed by atoms with Gasteiger partial charge in [0, 0.05) is 0 Å². The molecule has 0 radical (unpaired) electrons. The van der Waals surface area contributed by atoms with Gasteiger partial charge in [-0.15, -0.1) is 0 Å². The average molecular weight is 152 g/mol. The van der Waals surface area contributed by atoms with E-state index in [1.807, 2.05) is 39.8 Å². The predicted octanol–water partition coefficient (Wildman–Crippen LogP) is 3.04. The van der Waals surface area contributed by atoms with Crippen molar-refractivity contribution in [3.63, 3.8) is 0 Å². The topological polar surface area (TPSA) is 20.2 Å². The fraction of sp³-hybridized carbons (Fsp3) is 0.400. The standard InChI is InChI=1S/C8H10O.C2H6/c1-6-4-3-5-8(9)7(6)2;1-2/h3-5,9H,1-2H3;1-2H3. The summed E-state index contributed by atoms with van der Waals surface area (Å²) in [6.45, 7) is 7.89. The second kappa shape index (κ2) is 4.78. The van der Waals surface area contributed by atoms with Crippen LogP contribution in [-0.4, -0.2) is 5.11 Å². The van der Waals surface area contributed by atoms with Crippen LogP contribution in [-0.2, 0) is 0 Å². The van der Waals surface area contributed by atoms with Crippen molar-refractivity contribution in [2.45, 2.75) is 27.7 Å². The van der Waals surface area contributed by atoms with Crippen molar-refractivity contribution in [1.82, 2.24) is 0 Å². The number of phenols is 1. The number of hydrogen-bond acceptors (Lipinski definition) is 1. The van der Waals surface area contributed by atoms with Crippen molar-refractivity contribution in [1.29, 1.82) is 0 Å². The van der Waals surface area contributed by atoms with Crippen molar-refractivity contribution in [3.05, 3.63) is 29.3 Å². The molecule has 0 aromatic heterocycles. The summed E-state index contributed by atoms with van der Waals surface area (Å²) in [6.07, 6.45) is 0. The van der Waals surface area contributed by atoms with Crippen molar-refractivity contribution in [3.8, 4) is 5.75 Å². The van der Waals surface area contributed by atoms with Crippen LogP contribution >= 0.6 is 0 Å². The lowest BCUT2D eigenvalue weighted by Gasteiger charge is -1.99. The first kappa shape index (κ1) is 10.0. The van der Waals surface area contributed by atoms with Crippen LogP contribution in [0.3, 0.4) is 0 Å². The van der Waals surface area contributed by atoms with E-state index >= 15 is 0 Å². The minimum atomic E-state index is 0.384. The smallest absolute Gasteiger partial charge is 0.118 e. The lowest BCUT2D eigenvalue weighted by atomic mass is 10.1. The maximum absolute atomic E-state index is 9.10. The van der Waals surface area contributed by atoms with E-state index in [0.29, 0.717) is 5.75 Å². The van der Waals surface area contributed by atoms with Gasteiger partial charge in [0.05, 0.1) is 0 Å². The Bertz CT molecular complexity index is 196. The zero-order valence-electron chi connectivity index (χ0n) is 7.68. The van der Waals surface area contributed by atoms with E-state index in [-0.39, 0.29) is 0 Å². The van der Waals surface area contributed by atoms with Gasteiger partial charge >= 0.3 is 0 Å². The summed E-state index contributed by atoms with van der Waals surface area (Å²) in [5.74, 6) is 0.384. The number of aromatic hydroxyl groups is 1. The summed E-state index contributed by atoms with van der Waals surface area (Å²) in [5.41, 5.74) is 2.10. The summed E-state index contributed by atoms with van der Waals surface area (Å²) in [6, 6.07) is 5.52. The van der Waals surface area contributed by atoms with Gasteiger partial charge in [-0.1, -0.05) is 26.0 Å². The summed E-state index contributed by atoms with van der Waals surface area (Å²) < 4.78 is 0. The van der Waals surface area contributed by atoms with E-state index < -0.39 is 0 Å². The van der Waals surface area contributed by atoms with E-state index in [4.69, 9.17) is 5.11 Å². The Balaban J connectivity index is 0.000000461. The molecular weight excluding hydrogens is 136 g/mol. The Labute approximate surface area is 68.7 Å². The first-order valence-electron chi connectivity index (χ1n) is 3.97. The molecule has 1 nitrogen and oxygen atoms in total. The molecular formula is C10H16O. The molecule has 62 valence electrons. The molecule has 0 atom stereocenters. The Morgan fingerprint density at radius 2 is 1.64 bits per heavy atom. The van der Waals surface area contributed by atoms with Gasteiger partial charge in [-0.3, -0.25) is 0 Å². The summed E-state index contributed by atoms with van der Waals surface area (Å²) in [5, 5.41) is 9.10. The largest absolute Gasteiger partial charge is 0.508 e. The second-order valence-corrected chi connectivity index (χ2v) is 2.22. The third-order valence-corrected chi connectivity index (χ3v) is 1.58. The molecule has 1 aromatic carbocycles. The van der Waals surface area contributed by atoms with E-state index in [9.17, 15) is 0 Å². The minimum Gasteiger partial charge on any atom is -0.508 e. The molecule has 0 saturated heterocycles. The average Bonchev–Trinajstić information content (AvgIpc) is 2.04. The monoisotopic (exact) mass is 152 g/mol. The van der Waals surface area contributed by atoms with Crippen LogP contribution in [0.25, 0.3) is 0 Å². The first-order chi connectivity index (χ1) is 5.22. The van der Waals surface area contributed by atoms with Crippen LogP contribution in [0.4, 0.5) is 0 Å². The quantitative estimate of drug-likeness (QED) is 0.605. The maximum atomic E-state index is 9.10. The zero-order valence-corrected chi connectivity index (χ0v) is 7.68. The number of aryl methyl sites for hydroxylation is 1. The molecule has 1 N–H and O–H groups in total. The van der Waals surface area contributed by atoms with Crippen molar-refractivity contribution >= 4 is 0 Å². The van der Waals surface area contributed by atoms with Crippen LogP contribution < -0.4 is 0 Å². The van der Waals surface area contributed by atoms with Crippen LogP contribution in [0.5, 0.6) is 5.75 Å².